The Morgan fingerprint density at radius 2 is 2.00 bits per heavy atom. The molecule has 2 aliphatic rings. The molecule has 0 unspecified atom stereocenters. The van der Waals surface area contributed by atoms with Crippen molar-refractivity contribution in [1.82, 2.24) is 24.6 Å². The minimum Gasteiger partial charge on any atom is -0.338 e. The molecule has 3 heterocycles. The molecule has 0 saturated carbocycles. The van der Waals surface area contributed by atoms with Gasteiger partial charge in [0.05, 0.1) is 6.54 Å². The highest BCUT2D eigenvalue weighted by Crippen LogP contribution is 2.27. The number of likely N-dealkylation sites (tertiary alicyclic amines) is 2. The van der Waals surface area contributed by atoms with Gasteiger partial charge in [0.2, 0.25) is 0 Å². The van der Waals surface area contributed by atoms with E-state index in [9.17, 15) is 9.18 Å². The van der Waals surface area contributed by atoms with Gasteiger partial charge in [-0.2, -0.15) is 0 Å². The van der Waals surface area contributed by atoms with E-state index in [1.807, 2.05) is 11.9 Å². The predicted molar refractivity (Wildman–Crippen MR) is 99.8 cm³/mol. The third-order valence-corrected chi connectivity index (χ3v) is 5.71. The number of hydrogen-bond donors (Lipinski definition) is 0. The molecule has 1 aromatic carbocycles. The predicted octanol–water partition coefficient (Wildman–Crippen LogP) is 2.57. The molecule has 0 radical (unpaired) electrons. The van der Waals surface area contributed by atoms with E-state index in [-0.39, 0.29) is 17.6 Å². The summed E-state index contributed by atoms with van der Waals surface area (Å²) in [6.45, 7) is 4.39. The zero-order valence-corrected chi connectivity index (χ0v) is 15.8. The van der Waals surface area contributed by atoms with Crippen molar-refractivity contribution >= 4 is 5.91 Å². The lowest BCUT2D eigenvalue weighted by Gasteiger charge is -2.32. The zero-order valence-electron chi connectivity index (χ0n) is 15.8. The van der Waals surface area contributed by atoms with Crippen molar-refractivity contribution in [3.63, 3.8) is 0 Å². The van der Waals surface area contributed by atoms with Crippen molar-refractivity contribution < 1.29 is 9.18 Å². The Balaban J connectivity index is 1.46. The lowest BCUT2D eigenvalue weighted by atomic mass is 9.96. The van der Waals surface area contributed by atoms with Crippen LogP contribution in [0.15, 0.2) is 24.3 Å². The number of rotatable bonds is 4. The Bertz CT molecular complexity index is 814. The number of carbonyl (C=O) groups excluding carboxylic acids is 1. The van der Waals surface area contributed by atoms with E-state index in [1.54, 1.807) is 12.1 Å². The molecule has 2 saturated heterocycles. The molecule has 6 nitrogen and oxygen atoms in total. The Morgan fingerprint density at radius 1 is 1.19 bits per heavy atom. The van der Waals surface area contributed by atoms with Crippen LogP contribution in [-0.2, 0) is 13.6 Å². The SMILES string of the molecule is Cn1c(CN2CCCC2)nnc1[C@@H]1CCCN(C(=O)c2cccc(F)c2)C1. The van der Waals surface area contributed by atoms with Gasteiger partial charge in [-0.3, -0.25) is 9.69 Å². The van der Waals surface area contributed by atoms with Gasteiger partial charge in [0.15, 0.2) is 0 Å². The summed E-state index contributed by atoms with van der Waals surface area (Å²) in [6, 6.07) is 5.92. The fraction of sp³-hybridized carbons (Fsp3) is 0.550. The molecule has 0 spiro atoms. The van der Waals surface area contributed by atoms with Gasteiger partial charge in [0, 0.05) is 31.6 Å². The summed E-state index contributed by atoms with van der Waals surface area (Å²) in [5, 5.41) is 8.86. The second-order valence-electron chi connectivity index (χ2n) is 7.62. The Morgan fingerprint density at radius 3 is 2.78 bits per heavy atom. The highest BCUT2D eigenvalue weighted by atomic mass is 19.1. The summed E-state index contributed by atoms with van der Waals surface area (Å²) in [6.07, 6.45) is 4.41. The van der Waals surface area contributed by atoms with E-state index in [2.05, 4.69) is 19.7 Å². The average molecular weight is 371 g/mol. The van der Waals surface area contributed by atoms with Crippen LogP contribution >= 0.6 is 0 Å². The molecule has 1 atom stereocenters. The first kappa shape index (κ1) is 18.1. The maximum Gasteiger partial charge on any atom is 0.253 e. The minimum absolute atomic E-state index is 0.112. The number of carbonyl (C=O) groups is 1. The molecule has 2 aliphatic heterocycles. The number of nitrogens with zero attached hydrogens (tertiary/aromatic N) is 5. The minimum atomic E-state index is -0.380. The van der Waals surface area contributed by atoms with Crippen molar-refractivity contribution in [3.05, 3.63) is 47.3 Å². The Kier molecular flexibility index (Phi) is 5.20. The molecule has 1 amide bonds. The second kappa shape index (κ2) is 7.76. The van der Waals surface area contributed by atoms with Gasteiger partial charge in [0.1, 0.15) is 17.5 Å². The van der Waals surface area contributed by atoms with Gasteiger partial charge in [-0.15, -0.1) is 10.2 Å². The molecule has 2 aromatic rings. The number of aromatic nitrogens is 3. The first-order valence-corrected chi connectivity index (χ1v) is 9.77. The molecule has 4 rings (SSSR count). The average Bonchev–Trinajstić information content (AvgIpc) is 3.32. The van der Waals surface area contributed by atoms with Crippen molar-refractivity contribution in [2.45, 2.75) is 38.1 Å². The second-order valence-corrected chi connectivity index (χ2v) is 7.62. The fourth-order valence-corrected chi connectivity index (χ4v) is 4.19. The number of halogens is 1. The van der Waals surface area contributed by atoms with E-state index >= 15 is 0 Å². The molecule has 2 fully saturated rings. The third-order valence-electron chi connectivity index (χ3n) is 5.71. The van der Waals surface area contributed by atoms with Crippen LogP contribution in [0.1, 0.15) is 53.6 Å². The number of benzene rings is 1. The van der Waals surface area contributed by atoms with E-state index in [0.717, 1.165) is 44.1 Å². The molecule has 0 N–H and O–H groups in total. The smallest absolute Gasteiger partial charge is 0.253 e. The maximum atomic E-state index is 13.5. The highest BCUT2D eigenvalue weighted by molar-refractivity contribution is 5.94. The van der Waals surface area contributed by atoms with Crippen LogP contribution in [0.25, 0.3) is 0 Å². The van der Waals surface area contributed by atoms with Gasteiger partial charge >= 0.3 is 0 Å². The molecule has 7 heteroatoms. The lowest BCUT2D eigenvalue weighted by molar-refractivity contribution is 0.0703. The molecule has 0 aliphatic carbocycles. The molecule has 1 aromatic heterocycles. The van der Waals surface area contributed by atoms with Crippen LogP contribution in [0.2, 0.25) is 0 Å². The first-order valence-electron chi connectivity index (χ1n) is 9.77. The third kappa shape index (κ3) is 3.88. The van der Waals surface area contributed by atoms with Crippen LogP contribution in [0.4, 0.5) is 4.39 Å². The van der Waals surface area contributed by atoms with Crippen LogP contribution in [0.5, 0.6) is 0 Å². The van der Waals surface area contributed by atoms with Gasteiger partial charge in [-0.25, -0.2) is 4.39 Å². The molecular weight excluding hydrogens is 345 g/mol. The molecule has 0 bridgehead atoms. The van der Waals surface area contributed by atoms with E-state index in [4.69, 9.17) is 0 Å². The largest absolute Gasteiger partial charge is 0.338 e. The van der Waals surface area contributed by atoms with Crippen LogP contribution in [0, 0.1) is 5.82 Å². The van der Waals surface area contributed by atoms with Gasteiger partial charge in [0.25, 0.3) is 5.91 Å². The lowest BCUT2D eigenvalue weighted by Crippen LogP contribution is -2.39. The van der Waals surface area contributed by atoms with Gasteiger partial charge in [-0.1, -0.05) is 6.07 Å². The first-order chi connectivity index (χ1) is 13.1. The Labute approximate surface area is 159 Å². The normalized spacial score (nSPS) is 21.0. The van der Waals surface area contributed by atoms with Gasteiger partial charge < -0.3 is 9.47 Å². The van der Waals surface area contributed by atoms with Crippen LogP contribution in [-0.4, -0.2) is 56.7 Å². The van der Waals surface area contributed by atoms with Crippen molar-refractivity contribution in [2.24, 2.45) is 7.05 Å². The quantitative estimate of drug-likeness (QED) is 0.829. The van der Waals surface area contributed by atoms with Crippen LogP contribution < -0.4 is 0 Å². The maximum absolute atomic E-state index is 13.5. The van der Waals surface area contributed by atoms with Gasteiger partial charge in [-0.05, 0) is 57.0 Å². The summed E-state index contributed by atoms with van der Waals surface area (Å²) >= 11 is 0. The van der Waals surface area contributed by atoms with Crippen molar-refractivity contribution in [3.8, 4) is 0 Å². The Hall–Kier alpha value is -2.28. The molecular formula is C20H26FN5O. The van der Waals surface area contributed by atoms with Crippen LogP contribution in [0.3, 0.4) is 0 Å². The summed E-state index contributed by atoms with van der Waals surface area (Å²) in [7, 11) is 2.02. The summed E-state index contributed by atoms with van der Waals surface area (Å²) in [5.41, 5.74) is 0.406. The monoisotopic (exact) mass is 371 g/mol. The summed E-state index contributed by atoms with van der Waals surface area (Å²) in [5.74, 6) is 1.61. The number of amides is 1. The summed E-state index contributed by atoms with van der Waals surface area (Å²) in [4.78, 5) is 17.0. The van der Waals surface area contributed by atoms with E-state index in [1.165, 1.54) is 25.0 Å². The highest BCUT2D eigenvalue weighted by Gasteiger charge is 2.29. The number of hydrogen-bond acceptors (Lipinski definition) is 4. The summed E-state index contributed by atoms with van der Waals surface area (Å²) < 4.78 is 15.6. The van der Waals surface area contributed by atoms with Crippen molar-refractivity contribution in [2.75, 3.05) is 26.2 Å². The van der Waals surface area contributed by atoms with E-state index in [0.29, 0.717) is 18.7 Å². The van der Waals surface area contributed by atoms with E-state index < -0.39 is 0 Å². The topological polar surface area (TPSA) is 54.3 Å². The fourth-order valence-electron chi connectivity index (χ4n) is 4.19. The zero-order chi connectivity index (χ0) is 18.8. The molecule has 144 valence electrons. The molecule has 27 heavy (non-hydrogen) atoms. The number of piperidine rings is 1. The standard InChI is InChI=1S/C20H26FN5O/c1-24-18(14-25-9-2-3-10-25)22-23-19(24)16-7-5-11-26(13-16)20(27)15-6-4-8-17(21)12-15/h4,6,8,12,16H,2-3,5,7,9-11,13-14H2,1H3/t16-/m1/s1. The van der Waals surface area contributed by atoms with Crippen molar-refractivity contribution in [1.29, 1.82) is 0 Å².